The van der Waals surface area contributed by atoms with Gasteiger partial charge in [0.25, 0.3) is 0 Å². The van der Waals surface area contributed by atoms with Gasteiger partial charge in [-0.15, -0.1) is 0 Å². The van der Waals surface area contributed by atoms with E-state index in [0.717, 1.165) is 47.2 Å². The largest absolute Gasteiger partial charge is 0.455 e. The Morgan fingerprint density at radius 2 is 1.12 bits per heavy atom. The molecule has 4 aromatic carbocycles. The number of ketones is 1. The summed E-state index contributed by atoms with van der Waals surface area (Å²) in [5.74, 6) is 1.30. The highest BCUT2D eigenvalue weighted by molar-refractivity contribution is 5.97. The fraction of sp³-hybridized carbons (Fsp3) is 0.558. The lowest BCUT2D eigenvalue weighted by Crippen LogP contribution is -2.62. The summed E-state index contributed by atoms with van der Waals surface area (Å²) in [6, 6.07) is 27.4. The van der Waals surface area contributed by atoms with Gasteiger partial charge in [0, 0.05) is 30.6 Å². The summed E-state index contributed by atoms with van der Waals surface area (Å²) in [5, 5.41) is 15.3. The number of hydrogen-bond donors (Lipinski definition) is 1. The third-order valence-corrected chi connectivity index (χ3v) is 16.6. The first-order valence-electron chi connectivity index (χ1n) is 22.5. The highest BCUT2D eigenvalue weighted by atomic mass is 16.6. The van der Waals surface area contributed by atoms with Gasteiger partial charge in [0.15, 0.2) is 5.78 Å². The molecule has 8 heteroatoms. The van der Waals surface area contributed by atoms with Gasteiger partial charge in [-0.1, -0.05) is 102 Å². The van der Waals surface area contributed by atoms with E-state index in [1.807, 2.05) is 91.9 Å². The van der Waals surface area contributed by atoms with Crippen LogP contribution in [0.3, 0.4) is 0 Å². The molecule has 60 heavy (non-hydrogen) atoms. The maximum atomic E-state index is 13.3. The predicted molar refractivity (Wildman–Crippen MR) is 231 cm³/mol. The number of hydrogen-bond acceptors (Lipinski definition) is 8. The Labute approximate surface area is 354 Å². The number of aliphatic hydroxyl groups is 1. The van der Waals surface area contributed by atoms with Crippen LogP contribution in [0.1, 0.15) is 115 Å². The molecule has 8 nitrogen and oxygen atoms in total. The van der Waals surface area contributed by atoms with Gasteiger partial charge in [-0.2, -0.15) is 0 Å². The lowest BCUT2D eigenvalue weighted by Gasteiger charge is -2.53. The number of esters is 2. The molecule has 0 aromatic heterocycles. The molecule has 4 aliphatic heterocycles. The molecule has 2 aliphatic carbocycles. The van der Waals surface area contributed by atoms with Gasteiger partial charge in [-0.25, -0.2) is 9.59 Å². The van der Waals surface area contributed by atoms with Crippen LogP contribution in [0.5, 0.6) is 0 Å². The molecule has 4 bridgehead atoms. The minimum absolute atomic E-state index is 0.0754. The van der Waals surface area contributed by atoms with Crippen molar-refractivity contribution in [1.82, 2.24) is 0 Å². The van der Waals surface area contributed by atoms with Crippen molar-refractivity contribution in [1.29, 1.82) is 0 Å². The number of benzene rings is 4. The number of Topliss-reactive ketones (excluding diaryl/α,β-unsaturated/α-hetero) is 1. The molecule has 13 unspecified atom stereocenters. The summed E-state index contributed by atoms with van der Waals surface area (Å²) >= 11 is 0. The molecule has 4 aromatic rings. The molecule has 2 saturated carbocycles. The van der Waals surface area contributed by atoms with Gasteiger partial charge in [0.1, 0.15) is 29.0 Å². The first kappa shape index (κ1) is 41.3. The Kier molecular flexibility index (Phi) is 10.2. The molecular weight excluding hydrogens is 753 g/mol. The lowest BCUT2D eigenvalue weighted by atomic mass is 9.69. The van der Waals surface area contributed by atoms with E-state index in [9.17, 15) is 19.5 Å². The third kappa shape index (κ3) is 6.20. The highest BCUT2D eigenvalue weighted by Crippen LogP contribution is 2.63. The van der Waals surface area contributed by atoms with Crippen LogP contribution in [0.25, 0.3) is 21.5 Å². The number of carbonyl (C=O) groups excluding carboxylic acids is 3. The predicted octanol–water partition coefficient (Wildman–Crippen LogP) is 10.2. The smallest absolute Gasteiger partial charge is 0.338 e. The van der Waals surface area contributed by atoms with Gasteiger partial charge in [-0.3, -0.25) is 4.79 Å². The van der Waals surface area contributed by atoms with E-state index in [0.29, 0.717) is 35.8 Å². The van der Waals surface area contributed by atoms with Gasteiger partial charge in [0.2, 0.25) is 0 Å². The standard InChI is InChI=1S/C26H32O4.C26H30O4/c2*1-15(2)26-14-21(27)25(4,30-26)20-12-9-16(3)22(20)23(26)29-24(28)19-11-10-17-7-5-6-8-18(17)13-19/h5-8,10-11,13,15-16,20-23,27H,9,12,14H2,1-4H3;5-8,10-11,13,15-16,20,22-23H,9,12,14H2,1-4H3. The molecule has 1 N–H and O–H groups in total. The third-order valence-electron chi connectivity index (χ3n) is 16.6. The van der Waals surface area contributed by atoms with Crippen molar-refractivity contribution < 1.29 is 38.4 Å². The van der Waals surface area contributed by atoms with Crippen molar-refractivity contribution in [3.8, 4) is 0 Å². The minimum atomic E-state index is -0.744. The Morgan fingerprint density at radius 3 is 1.63 bits per heavy atom. The monoisotopic (exact) mass is 814 g/mol. The summed E-state index contributed by atoms with van der Waals surface area (Å²) in [5.41, 5.74) is -1.55. The Morgan fingerprint density at radius 1 is 0.650 bits per heavy atom. The van der Waals surface area contributed by atoms with Crippen LogP contribution in [-0.4, -0.2) is 63.5 Å². The van der Waals surface area contributed by atoms with Gasteiger partial charge in [0.05, 0.1) is 22.8 Å². The van der Waals surface area contributed by atoms with Crippen molar-refractivity contribution in [2.24, 2.45) is 47.3 Å². The number of ether oxygens (including phenoxy) is 4. The molecule has 0 amide bonds. The van der Waals surface area contributed by atoms with Crippen LogP contribution in [0.2, 0.25) is 0 Å². The van der Waals surface area contributed by atoms with E-state index in [1.54, 1.807) is 0 Å². The van der Waals surface area contributed by atoms with E-state index < -0.39 is 34.6 Å². The van der Waals surface area contributed by atoms with Crippen LogP contribution in [-0.2, 0) is 23.7 Å². The van der Waals surface area contributed by atoms with Crippen molar-refractivity contribution in [3.05, 3.63) is 96.1 Å². The van der Waals surface area contributed by atoms with Crippen LogP contribution in [0.4, 0.5) is 0 Å². The maximum absolute atomic E-state index is 13.3. The zero-order valence-electron chi connectivity index (χ0n) is 36.5. The zero-order chi connectivity index (χ0) is 42.5. The van der Waals surface area contributed by atoms with Crippen LogP contribution in [0, 0.1) is 47.3 Å². The summed E-state index contributed by atoms with van der Waals surface area (Å²) in [7, 11) is 0. The molecule has 6 fully saturated rings. The van der Waals surface area contributed by atoms with Crippen LogP contribution < -0.4 is 0 Å². The topological polar surface area (TPSA) is 108 Å². The fourth-order valence-corrected chi connectivity index (χ4v) is 13.0. The van der Waals surface area contributed by atoms with Crippen LogP contribution >= 0.6 is 0 Å². The van der Waals surface area contributed by atoms with Crippen molar-refractivity contribution in [2.75, 3.05) is 0 Å². The first-order valence-corrected chi connectivity index (χ1v) is 22.5. The minimum Gasteiger partial charge on any atom is -0.455 e. The molecular formula is C52H62O8. The van der Waals surface area contributed by atoms with E-state index in [1.165, 1.54) is 0 Å². The number of carbonyl (C=O) groups is 3. The summed E-state index contributed by atoms with van der Waals surface area (Å²) in [6.07, 6.45) is 3.67. The molecule has 4 heterocycles. The van der Waals surface area contributed by atoms with E-state index >= 15 is 0 Å². The average molecular weight is 815 g/mol. The van der Waals surface area contributed by atoms with E-state index in [-0.39, 0.29) is 59.3 Å². The van der Waals surface area contributed by atoms with Gasteiger partial charge in [-0.05, 0) is 115 Å². The Hall–Kier alpha value is -4.11. The van der Waals surface area contributed by atoms with Gasteiger partial charge < -0.3 is 24.1 Å². The molecule has 6 aliphatic rings. The molecule has 0 spiro atoms. The molecule has 10 rings (SSSR count). The maximum Gasteiger partial charge on any atom is 0.338 e. The number of aliphatic hydroxyl groups excluding tert-OH is 1. The summed E-state index contributed by atoms with van der Waals surface area (Å²) in [6.45, 7) is 16.9. The van der Waals surface area contributed by atoms with Gasteiger partial charge >= 0.3 is 11.9 Å². The second kappa shape index (κ2) is 14.8. The van der Waals surface area contributed by atoms with Crippen molar-refractivity contribution in [3.63, 3.8) is 0 Å². The van der Waals surface area contributed by atoms with Crippen molar-refractivity contribution in [2.45, 2.75) is 135 Å². The quantitative estimate of drug-likeness (QED) is 0.192. The normalized spacial score (nSPS) is 38.8. The second-order valence-corrected chi connectivity index (χ2v) is 20.3. The number of rotatable bonds is 6. The SMILES string of the molecule is CC1CCC2C1C(OC(=O)c1ccc3ccccc3c1)C1(C(C)C)CC(=O)C2(C)O1.CC1CCC2C1C(OC(=O)c1ccc3ccccc3c1)C1(C(C)C)CC(O)C2(C)O1. The van der Waals surface area contributed by atoms with Crippen LogP contribution in [0.15, 0.2) is 84.9 Å². The lowest BCUT2D eigenvalue weighted by molar-refractivity contribution is -0.257. The fourth-order valence-electron chi connectivity index (χ4n) is 13.0. The second-order valence-electron chi connectivity index (χ2n) is 20.3. The van der Waals surface area contributed by atoms with Crippen molar-refractivity contribution >= 4 is 39.3 Å². The summed E-state index contributed by atoms with van der Waals surface area (Å²) in [4.78, 5) is 39.7. The molecule has 4 saturated heterocycles. The Bertz CT molecular complexity index is 2330. The Balaban J connectivity index is 0.000000154. The first-order chi connectivity index (χ1) is 28.5. The molecule has 318 valence electrons. The zero-order valence-corrected chi connectivity index (χ0v) is 36.5. The molecule has 0 radical (unpaired) electrons. The van der Waals surface area contributed by atoms with E-state index in [4.69, 9.17) is 18.9 Å². The summed E-state index contributed by atoms with van der Waals surface area (Å²) < 4.78 is 25.9. The average Bonchev–Trinajstić information content (AvgIpc) is 3.95. The highest BCUT2D eigenvalue weighted by Gasteiger charge is 2.72. The van der Waals surface area contributed by atoms with E-state index in [2.05, 4.69) is 48.5 Å². The molecule has 13 atom stereocenters. The number of fused-ring (bicyclic) bond motifs is 10.